The quantitative estimate of drug-likeness (QED) is 0.182. The molecule has 0 bridgehead atoms. The van der Waals surface area contributed by atoms with Crippen LogP contribution in [0.2, 0.25) is 0 Å². The minimum Gasteiger partial charge on any atom is -0.342 e. The summed E-state index contributed by atoms with van der Waals surface area (Å²) in [4.78, 5) is 0. The van der Waals surface area contributed by atoms with Crippen LogP contribution in [0.4, 0.5) is 0 Å². The van der Waals surface area contributed by atoms with Crippen LogP contribution in [0.15, 0.2) is 121 Å². The zero-order valence-electron chi connectivity index (χ0n) is 24.7. The summed E-state index contributed by atoms with van der Waals surface area (Å²) in [6.45, 7) is 4.54. The van der Waals surface area contributed by atoms with Crippen molar-refractivity contribution in [2.75, 3.05) is 0 Å². The molecule has 4 atom stereocenters. The van der Waals surface area contributed by atoms with E-state index in [1.54, 1.807) is 0 Å². The molecule has 8 rings (SSSR count). The maximum atomic E-state index is 6.97. The molecule has 0 N–H and O–H groups in total. The van der Waals surface area contributed by atoms with E-state index in [1.165, 1.54) is 47.6 Å². The molecule has 2 aromatic heterocycles. The molecular weight excluding hydrogens is 562 g/mol. The fraction of sp³-hybridized carbons (Fsp3) is 0.231. The van der Waals surface area contributed by atoms with Gasteiger partial charge in [-0.15, -0.1) is 15.1 Å². The Morgan fingerprint density at radius 1 is 0.535 bits per heavy atom. The first-order valence-corrected chi connectivity index (χ1v) is 18.6. The Balaban J connectivity index is 1.21. The van der Waals surface area contributed by atoms with Crippen molar-refractivity contribution in [3.63, 3.8) is 0 Å². The average molecular weight is 599 g/mol. The summed E-state index contributed by atoms with van der Waals surface area (Å²) >= 11 is 0. The third-order valence-corrected chi connectivity index (χ3v) is 14.8. The molecule has 0 spiro atoms. The molecule has 0 amide bonds. The Morgan fingerprint density at radius 2 is 0.907 bits per heavy atom. The van der Waals surface area contributed by atoms with Crippen LogP contribution >= 0.6 is 15.1 Å². The summed E-state index contributed by atoms with van der Waals surface area (Å²) in [5, 5.41) is 11.5. The van der Waals surface area contributed by atoms with Gasteiger partial charge in [0.25, 0.3) is 0 Å². The standard InChI is InChI=1S/C39H36O2P2/c1-3-26(2)27-20-22-28(23-21-27)39-40-33(24-42-35-16-8-4-12-29(35)30-13-5-9-17-36(30)42)34(41-39)25-43-37-18-10-6-14-31(37)32-15-7-11-19-38(32)43/h4-23,26,33-34,39H,3,24-25H2,1-2H3/t26?,33-,34?,39?/m0/s1. The van der Waals surface area contributed by atoms with E-state index < -0.39 is 15.1 Å². The number of hydrogen-bond donors (Lipinski definition) is 0. The highest BCUT2D eigenvalue weighted by Crippen LogP contribution is 2.55. The lowest BCUT2D eigenvalue weighted by atomic mass is 9.97. The molecule has 3 heterocycles. The van der Waals surface area contributed by atoms with Crippen LogP contribution in [0.1, 0.15) is 43.6 Å². The molecule has 214 valence electrons. The zero-order valence-corrected chi connectivity index (χ0v) is 26.5. The SMILES string of the molecule is CCC(C)c1ccc(C2OC(Cp3c4ccccc4c4ccccc43)[C@H](Cp3c4ccccc4c4ccccc43)O2)cc1. The van der Waals surface area contributed by atoms with Crippen molar-refractivity contribution in [2.45, 2.75) is 57.0 Å². The number of rotatable bonds is 7. The van der Waals surface area contributed by atoms with Crippen LogP contribution < -0.4 is 0 Å². The van der Waals surface area contributed by atoms with Gasteiger partial charge in [-0.25, -0.2) is 0 Å². The Kier molecular flexibility index (Phi) is 7.13. The molecule has 3 unspecified atom stereocenters. The summed E-state index contributed by atoms with van der Waals surface area (Å²) < 4.78 is 13.9. The summed E-state index contributed by atoms with van der Waals surface area (Å²) in [6, 6.07) is 44.9. The van der Waals surface area contributed by atoms with Gasteiger partial charge in [-0.3, -0.25) is 0 Å². The van der Waals surface area contributed by atoms with Crippen molar-refractivity contribution in [3.8, 4) is 0 Å². The van der Waals surface area contributed by atoms with E-state index in [2.05, 4.69) is 135 Å². The van der Waals surface area contributed by atoms with Crippen LogP contribution in [0, 0.1) is 0 Å². The molecule has 0 aliphatic carbocycles. The number of fused-ring (bicyclic) bond motifs is 6. The van der Waals surface area contributed by atoms with E-state index >= 15 is 0 Å². The first-order chi connectivity index (χ1) is 21.2. The molecule has 0 radical (unpaired) electrons. The van der Waals surface area contributed by atoms with Crippen LogP contribution in [-0.2, 0) is 21.8 Å². The fourth-order valence-electron chi connectivity index (χ4n) is 6.98. The lowest BCUT2D eigenvalue weighted by molar-refractivity contribution is -0.0668. The third kappa shape index (κ3) is 4.73. The van der Waals surface area contributed by atoms with E-state index in [1.807, 2.05) is 0 Å². The highest BCUT2D eigenvalue weighted by atomic mass is 31.1. The lowest BCUT2D eigenvalue weighted by Gasteiger charge is -2.18. The Labute approximate surface area is 255 Å². The molecule has 5 aromatic carbocycles. The Bertz CT molecular complexity index is 1840. The second kappa shape index (κ2) is 11.3. The minimum absolute atomic E-state index is 0.0204. The van der Waals surface area contributed by atoms with Crippen LogP contribution in [-0.4, -0.2) is 12.2 Å². The molecule has 1 saturated heterocycles. The maximum absolute atomic E-state index is 6.97. The van der Waals surface area contributed by atoms with Gasteiger partial charge >= 0.3 is 0 Å². The van der Waals surface area contributed by atoms with Crippen LogP contribution in [0.5, 0.6) is 0 Å². The van der Waals surface area contributed by atoms with E-state index in [0.29, 0.717) is 5.92 Å². The van der Waals surface area contributed by atoms with Gasteiger partial charge in [-0.05, 0) is 39.4 Å². The normalized spacial score (nSPS) is 19.6. The van der Waals surface area contributed by atoms with Gasteiger partial charge in [-0.2, -0.15) is 0 Å². The lowest BCUT2D eigenvalue weighted by Crippen LogP contribution is -2.23. The molecule has 1 aliphatic heterocycles. The second-order valence-electron chi connectivity index (χ2n) is 11.9. The monoisotopic (exact) mass is 598 g/mol. The van der Waals surface area contributed by atoms with Crippen molar-refractivity contribution in [1.82, 2.24) is 0 Å². The van der Waals surface area contributed by atoms with Crippen molar-refractivity contribution in [3.05, 3.63) is 132 Å². The highest BCUT2D eigenvalue weighted by Gasteiger charge is 2.38. The van der Waals surface area contributed by atoms with Gasteiger partial charge in [0.1, 0.15) is 0 Å². The largest absolute Gasteiger partial charge is 0.342 e. The number of benzene rings is 5. The van der Waals surface area contributed by atoms with Gasteiger partial charge in [0.05, 0.1) is 12.2 Å². The van der Waals surface area contributed by atoms with Crippen molar-refractivity contribution in [1.29, 1.82) is 0 Å². The van der Waals surface area contributed by atoms with Gasteiger partial charge in [0, 0.05) is 38.4 Å². The summed E-state index contributed by atoms with van der Waals surface area (Å²) in [5.74, 6) is 0.551. The Morgan fingerprint density at radius 3 is 1.28 bits per heavy atom. The molecule has 1 aliphatic rings. The fourth-order valence-corrected chi connectivity index (χ4v) is 12.7. The van der Waals surface area contributed by atoms with E-state index in [9.17, 15) is 0 Å². The average Bonchev–Trinajstić information content (AvgIpc) is 3.72. The molecule has 1 fully saturated rings. The van der Waals surface area contributed by atoms with E-state index in [4.69, 9.17) is 9.47 Å². The van der Waals surface area contributed by atoms with Crippen molar-refractivity contribution < 1.29 is 9.47 Å². The van der Waals surface area contributed by atoms with Crippen LogP contribution in [0.3, 0.4) is 0 Å². The molecule has 0 saturated carbocycles. The first-order valence-electron chi connectivity index (χ1n) is 15.5. The molecule has 4 heteroatoms. The van der Waals surface area contributed by atoms with E-state index in [-0.39, 0.29) is 18.5 Å². The summed E-state index contributed by atoms with van der Waals surface area (Å²) in [6.07, 6.45) is 2.79. The smallest absolute Gasteiger partial charge is 0.184 e. The van der Waals surface area contributed by atoms with Crippen molar-refractivity contribution >= 4 is 57.1 Å². The highest BCUT2D eigenvalue weighted by molar-refractivity contribution is 7.61. The van der Waals surface area contributed by atoms with Gasteiger partial charge in [0.2, 0.25) is 0 Å². The van der Waals surface area contributed by atoms with Crippen molar-refractivity contribution in [2.24, 2.45) is 0 Å². The number of ether oxygens (including phenoxy) is 2. The Hall–Kier alpha value is -3.38. The molecule has 2 nitrogen and oxygen atoms in total. The topological polar surface area (TPSA) is 18.5 Å². The first kappa shape index (κ1) is 27.2. The third-order valence-electron chi connectivity index (χ3n) is 9.49. The molecular formula is C39H36O2P2. The minimum atomic E-state index is -0.539. The van der Waals surface area contributed by atoms with Gasteiger partial charge < -0.3 is 9.47 Å². The molecule has 43 heavy (non-hydrogen) atoms. The van der Waals surface area contributed by atoms with Gasteiger partial charge in [-0.1, -0.05) is 135 Å². The molecule has 7 aromatic rings. The predicted molar refractivity (Wildman–Crippen MR) is 186 cm³/mol. The second-order valence-corrected chi connectivity index (χ2v) is 16.3. The maximum Gasteiger partial charge on any atom is 0.184 e. The summed E-state index contributed by atoms with van der Waals surface area (Å²) in [5.41, 5.74) is 2.50. The number of hydrogen-bond acceptors (Lipinski definition) is 2. The zero-order chi connectivity index (χ0) is 28.9. The van der Waals surface area contributed by atoms with Gasteiger partial charge in [0.15, 0.2) is 6.29 Å². The summed E-state index contributed by atoms with van der Waals surface area (Å²) in [7, 11) is -1.08. The predicted octanol–water partition coefficient (Wildman–Crippen LogP) is 12.0. The van der Waals surface area contributed by atoms with E-state index in [0.717, 1.165) is 24.3 Å². The van der Waals surface area contributed by atoms with Crippen LogP contribution in [0.25, 0.3) is 42.0 Å².